The van der Waals surface area contributed by atoms with Crippen LogP contribution in [0.3, 0.4) is 0 Å². The number of likely N-dealkylation sites (N-methyl/N-ethyl adjacent to an activating group) is 1. The Morgan fingerprint density at radius 2 is 2.06 bits per heavy atom. The maximum absolute atomic E-state index is 6.03. The first kappa shape index (κ1) is 11.9. The molecule has 98 valence electrons. The molecule has 1 N–H and O–H groups in total. The molecule has 2 heterocycles. The summed E-state index contributed by atoms with van der Waals surface area (Å²) < 4.78 is 6.03. The standard InChI is InChI=1S/C14H26N2O/c1-16(13-4-2-8-15-11-13)12-5-9-17-14(10-12)6-3-7-14/h12-13,15H,2-11H2,1H3. The molecule has 3 aliphatic rings. The largest absolute Gasteiger partial charge is 0.375 e. The first-order chi connectivity index (χ1) is 8.29. The van der Waals surface area contributed by atoms with Crippen molar-refractivity contribution in [3.63, 3.8) is 0 Å². The van der Waals surface area contributed by atoms with E-state index in [4.69, 9.17) is 4.74 Å². The van der Waals surface area contributed by atoms with Crippen LogP contribution in [0, 0.1) is 0 Å². The van der Waals surface area contributed by atoms with Gasteiger partial charge in [0.25, 0.3) is 0 Å². The fourth-order valence-electron chi connectivity index (χ4n) is 3.75. The number of nitrogens with one attached hydrogen (secondary N) is 1. The van der Waals surface area contributed by atoms with E-state index in [9.17, 15) is 0 Å². The summed E-state index contributed by atoms with van der Waals surface area (Å²) in [7, 11) is 2.33. The van der Waals surface area contributed by atoms with Crippen molar-refractivity contribution in [2.24, 2.45) is 0 Å². The highest BCUT2D eigenvalue weighted by Crippen LogP contribution is 2.43. The summed E-state index contributed by atoms with van der Waals surface area (Å²) in [5.74, 6) is 0. The molecule has 2 atom stereocenters. The second kappa shape index (κ2) is 4.87. The number of piperidine rings is 1. The van der Waals surface area contributed by atoms with E-state index in [-0.39, 0.29) is 0 Å². The van der Waals surface area contributed by atoms with Gasteiger partial charge in [-0.05, 0) is 58.5 Å². The Morgan fingerprint density at radius 1 is 1.18 bits per heavy atom. The van der Waals surface area contributed by atoms with E-state index in [0.717, 1.165) is 18.7 Å². The fraction of sp³-hybridized carbons (Fsp3) is 1.00. The number of hydrogen-bond acceptors (Lipinski definition) is 3. The first-order valence-corrected chi connectivity index (χ1v) is 7.36. The molecule has 0 amide bonds. The summed E-state index contributed by atoms with van der Waals surface area (Å²) in [5, 5.41) is 3.53. The van der Waals surface area contributed by atoms with Crippen LogP contribution < -0.4 is 5.32 Å². The van der Waals surface area contributed by atoms with E-state index < -0.39 is 0 Å². The van der Waals surface area contributed by atoms with Crippen molar-refractivity contribution in [3.8, 4) is 0 Å². The van der Waals surface area contributed by atoms with E-state index in [0.29, 0.717) is 5.60 Å². The highest BCUT2D eigenvalue weighted by atomic mass is 16.5. The molecule has 0 aromatic heterocycles. The number of hydrogen-bond donors (Lipinski definition) is 1. The van der Waals surface area contributed by atoms with Gasteiger partial charge in [-0.15, -0.1) is 0 Å². The molecule has 0 bridgehead atoms. The Balaban J connectivity index is 1.58. The topological polar surface area (TPSA) is 24.5 Å². The average molecular weight is 238 g/mol. The molecule has 2 aliphatic heterocycles. The smallest absolute Gasteiger partial charge is 0.0697 e. The van der Waals surface area contributed by atoms with Gasteiger partial charge in [0.2, 0.25) is 0 Å². The first-order valence-electron chi connectivity index (χ1n) is 7.36. The maximum Gasteiger partial charge on any atom is 0.0697 e. The van der Waals surface area contributed by atoms with Gasteiger partial charge in [-0.1, -0.05) is 0 Å². The van der Waals surface area contributed by atoms with Gasteiger partial charge in [0, 0.05) is 25.2 Å². The lowest BCUT2D eigenvalue weighted by atomic mass is 9.73. The van der Waals surface area contributed by atoms with Crippen LogP contribution >= 0.6 is 0 Å². The van der Waals surface area contributed by atoms with Crippen molar-refractivity contribution >= 4 is 0 Å². The quantitative estimate of drug-likeness (QED) is 0.793. The van der Waals surface area contributed by atoms with Crippen LogP contribution in [-0.4, -0.2) is 49.3 Å². The molecule has 3 nitrogen and oxygen atoms in total. The normalized spacial score (nSPS) is 37.1. The third kappa shape index (κ3) is 2.38. The molecule has 1 saturated carbocycles. The van der Waals surface area contributed by atoms with Crippen LogP contribution in [0.25, 0.3) is 0 Å². The monoisotopic (exact) mass is 238 g/mol. The number of ether oxygens (including phenoxy) is 1. The third-order valence-corrected chi connectivity index (χ3v) is 5.15. The van der Waals surface area contributed by atoms with Gasteiger partial charge in [-0.3, -0.25) is 4.90 Å². The van der Waals surface area contributed by atoms with Crippen LogP contribution in [0.5, 0.6) is 0 Å². The molecule has 17 heavy (non-hydrogen) atoms. The van der Waals surface area contributed by atoms with Gasteiger partial charge in [0.1, 0.15) is 0 Å². The minimum atomic E-state index is 0.291. The van der Waals surface area contributed by atoms with Crippen molar-refractivity contribution in [1.82, 2.24) is 10.2 Å². The summed E-state index contributed by atoms with van der Waals surface area (Å²) in [4.78, 5) is 2.65. The van der Waals surface area contributed by atoms with Crippen LogP contribution in [0.4, 0.5) is 0 Å². The van der Waals surface area contributed by atoms with Crippen LogP contribution in [0.15, 0.2) is 0 Å². The highest BCUT2D eigenvalue weighted by Gasteiger charge is 2.44. The van der Waals surface area contributed by atoms with Crippen LogP contribution in [0.2, 0.25) is 0 Å². The Bertz CT molecular complexity index is 259. The van der Waals surface area contributed by atoms with Crippen molar-refractivity contribution in [3.05, 3.63) is 0 Å². The van der Waals surface area contributed by atoms with Crippen molar-refractivity contribution in [2.75, 3.05) is 26.7 Å². The van der Waals surface area contributed by atoms with Crippen molar-refractivity contribution in [1.29, 1.82) is 0 Å². The Kier molecular flexibility index (Phi) is 3.42. The molecular formula is C14H26N2O. The molecule has 3 fully saturated rings. The van der Waals surface area contributed by atoms with E-state index in [1.165, 1.54) is 58.0 Å². The van der Waals surface area contributed by atoms with E-state index in [1.807, 2.05) is 0 Å². The lowest BCUT2D eigenvalue weighted by Crippen LogP contribution is -2.55. The minimum Gasteiger partial charge on any atom is -0.375 e. The Labute approximate surface area is 105 Å². The predicted molar refractivity (Wildman–Crippen MR) is 69.2 cm³/mol. The van der Waals surface area contributed by atoms with Gasteiger partial charge >= 0.3 is 0 Å². The maximum atomic E-state index is 6.03. The molecule has 2 saturated heterocycles. The SMILES string of the molecule is CN(C1CCCNC1)C1CCOC2(CCC2)C1. The van der Waals surface area contributed by atoms with Crippen molar-refractivity contribution in [2.45, 2.75) is 62.6 Å². The van der Waals surface area contributed by atoms with Gasteiger partial charge in [0.05, 0.1) is 5.60 Å². The molecule has 0 aromatic rings. The number of rotatable bonds is 2. The highest BCUT2D eigenvalue weighted by molar-refractivity contribution is 4.97. The Morgan fingerprint density at radius 3 is 2.71 bits per heavy atom. The molecule has 0 radical (unpaired) electrons. The zero-order valence-corrected chi connectivity index (χ0v) is 11.1. The van der Waals surface area contributed by atoms with Crippen LogP contribution in [-0.2, 0) is 4.74 Å². The van der Waals surface area contributed by atoms with Crippen LogP contribution in [0.1, 0.15) is 44.9 Å². The van der Waals surface area contributed by atoms with Crippen molar-refractivity contribution < 1.29 is 4.74 Å². The second-order valence-corrected chi connectivity index (χ2v) is 6.20. The van der Waals surface area contributed by atoms with Gasteiger partial charge in [-0.25, -0.2) is 0 Å². The van der Waals surface area contributed by atoms with Gasteiger partial charge in [0.15, 0.2) is 0 Å². The van der Waals surface area contributed by atoms with E-state index in [1.54, 1.807) is 0 Å². The molecule has 3 heteroatoms. The Hall–Kier alpha value is -0.120. The second-order valence-electron chi connectivity index (χ2n) is 6.20. The van der Waals surface area contributed by atoms with E-state index >= 15 is 0 Å². The molecule has 2 unspecified atom stereocenters. The fourth-order valence-corrected chi connectivity index (χ4v) is 3.75. The predicted octanol–water partition coefficient (Wildman–Crippen LogP) is 1.77. The van der Waals surface area contributed by atoms with Gasteiger partial charge < -0.3 is 10.1 Å². The molecular weight excluding hydrogens is 212 g/mol. The van der Waals surface area contributed by atoms with Gasteiger partial charge in [-0.2, -0.15) is 0 Å². The summed E-state index contributed by atoms with van der Waals surface area (Å²) in [5.41, 5.74) is 0.291. The summed E-state index contributed by atoms with van der Waals surface area (Å²) in [6.07, 6.45) is 9.20. The summed E-state index contributed by atoms with van der Waals surface area (Å²) in [6, 6.07) is 1.51. The number of nitrogens with zero attached hydrogens (tertiary/aromatic N) is 1. The zero-order valence-electron chi connectivity index (χ0n) is 11.1. The zero-order chi connectivity index (χ0) is 11.7. The average Bonchev–Trinajstić information content (AvgIpc) is 2.37. The minimum absolute atomic E-state index is 0.291. The van der Waals surface area contributed by atoms with E-state index in [2.05, 4.69) is 17.3 Å². The summed E-state index contributed by atoms with van der Waals surface area (Å²) in [6.45, 7) is 3.37. The molecule has 1 spiro atoms. The summed E-state index contributed by atoms with van der Waals surface area (Å²) >= 11 is 0. The lowest BCUT2D eigenvalue weighted by molar-refractivity contribution is -0.150. The third-order valence-electron chi connectivity index (χ3n) is 5.15. The molecule has 3 rings (SSSR count). The molecule has 1 aliphatic carbocycles. The molecule has 0 aromatic carbocycles. The lowest BCUT2D eigenvalue weighted by Gasteiger charge is -2.50.